The number of aromatic nitrogens is 2. The Balaban J connectivity index is 1.98. The third-order valence-corrected chi connectivity index (χ3v) is 4.94. The van der Waals surface area contributed by atoms with Crippen LogP contribution in [-0.4, -0.2) is 9.55 Å². The molecule has 0 aliphatic carbocycles. The Morgan fingerprint density at radius 2 is 1.82 bits per heavy atom. The monoisotopic (exact) mass is 373 g/mol. The SMILES string of the molecule is C=Cc1c(CC)nc(CCC)n(Cc2ccc(-c3ccccc3N)cc2)c1=O. The minimum Gasteiger partial charge on any atom is -0.398 e. The fourth-order valence-corrected chi connectivity index (χ4v) is 3.45. The molecule has 0 aliphatic rings. The first kappa shape index (κ1) is 19.6. The third-order valence-electron chi connectivity index (χ3n) is 4.94. The first-order valence-corrected chi connectivity index (χ1v) is 9.77. The van der Waals surface area contributed by atoms with Crippen LogP contribution in [0, 0.1) is 0 Å². The lowest BCUT2D eigenvalue weighted by atomic mass is 10.0. The molecular weight excluding hydrogens is 346 g/mol. The molecule has 0 bridgehead atoms. The number of rotatable bonds is 7. The molecule has 0 radical (unpaired) electrons. The third kappa shape index (κ3) is 3.91. The number of nitrogens with zero attached hydrogens (tertiary/aromatic N) is 2. The van der Waals surface area contributed by atoms with Crippen LogP contribution < -0.4 is 11.3 Å². The molecule has 0 unspecified atom stereocenters. The predicted octanol–water partition coefficient (Wildman–Crippen LogP) is 4.70. The second kappa shape index (κ2) is 8.70. The highest BCUT2D eigenvalue weighted by atomic mass is 16.1. The minimum atomic E-state index is -0.0123. The summed E-state index contributed by atoms with van der Waals surface area (Å²) >= 11 is 0. The molecule has 28 heavy (non-hydrogen) atoms. The normalized spacial score (nSPS) is 10.8. The second-order valence-electron chi connectivity index (χ2n) is 6.87. The Morgan fingerprint density at radius 1 is 1.11 bits per heavy atom. The van der Waals surface area contributed by atoms with Crippen LogP contribution in [0.1, 0.15) is 42.9 Å². The van der Waals surface area contributed by atoms with E-state index in [1.807, 2.05) is 55.5 Å². The van der Waals surface area contributed by atoms with Gasteiger partial charge in [-0.1, -0.05) is 69.0 Å². The Kier molecular flexibility index (Phi) is 6.09. The summed E-state index contributed by atoms with van der Waals surface area (Å²) in [6.45, 7) is 8.43. The Bertz CT molecular complexity index is 1030. The zero-order valence-electron chi connectivity index (χ0n) is 16.6. The van der Waals surface area contributed by atoms with E-state index in [9.17, 15) is 4.79 Å². The fraction of sp³-hybridized carbons (Fsp3) is 0.250. The highest BCUT2D eigenvalue weighted by Crippen LogP contribution is 2.25. The van der Waals surface area contributed by atoms with Crippen LogP contribution >= 0.6 is 0 Å². The highest BCUT2D eigenvalue weighted by Gasteiger charge is 2.14. The van der Waals surface area contributed by atoms with Gasteiger partial charge >= 0.3 is 0 Å². The molecule has 4 nitrogen and oxygen atoms in total. The summed E-state index contributed by atoms with van der Waals surface area (Å²) in [5.41, 5.74) is 11.4. The summed E-state index contributed by atoms with van der Waals surface area (Å²) < 4.78 is 1.78. The molecule has 4 heteroatoms. The van der Waals surface area contributed by atoms with Crippen LogP contribution in [0.15, 0.2) is 59.9 Å². The van der Waals surface area contributed by atoms with E-state index >= 15 is 0 Å². The van der Waals surface area contributed by atoms with Gasteiger partial charge in [-0.2, -0.15) is 0 Å². The molecule has 1 aromatic heterocycles. The van der Waals surface area contributed by atoms with Gasteiger partial charge in [-0.05, 0) is 30.0 Å². The first-order chi connectivity index (χ1) is 13.6. The molecule has 0 saturated heterocycles. The van der Waals surface area contributed by atoms with Crippen LogP contribution in [0.2, 0.25) is 0 Å². The van der Waals surface area contributed by atoms with Gasteiger partial charge in [-0.3, -0.25) is 9.36 Å². The predicted molar refractivity (Wildman–Crippen MR) is 117 cm³/mol. The van der Waals surface area contributed by atoms with Crippen molar-refractivity contribution in [3.63, 3.8) is 0 Å². The van der Waals surface area contributed by atoms with Gasteiger partial charge in [0.1, 0.15) is 5.82 Å². The van der Waals surface area contributed by atoms with Crippen molar-refractivity contribution < 1.29 is 0 Å². The van der Waals surface area contributed by atoms with Crippen molar-refractivity contribution in [2.75, 3.05) is 5.73 Å². The van der Waals surface area contributed by atoms with Gasteiger partial charge in [0.15, 0.2) is 0 Å². The summed E-state index contributed by atoms with van der Waals surface area (Å²) in [6.07, 6.45) is 4.07. The zero-order chi connectivity index (χ0) is 20.1. The number of hydrogen-bond acceptors (Lipinski definition) is 3. The minimum absolute atomic E-state index is 0.0123. The number of aryl methyl sites for hydroxylation is 2. The van der Waals surface area contributed by atoms with Crippen molar-refractivity contribution in [1.29, 1.82) is 0 Å². The number of nitrogen functional groups attached to an aromatic ring is 1. The van der Waals surface area contributed by atoms with Gasteiger partial charge in [-0.25, -0.2) is 4.98 Å². The Hall–Kier alpha value is -3.14. The van der Waals surface area contributed by atoms with Crippen molar-refractivity contribution >= 4 is 11.8 Å². The van der Waals surface area contributed by atoms with Crippen molar-refractivity contribution in [2.24, 2.45) is 0 Å². The average Bonchev–Trinajstić information content (AvgIpc) is 2.71. The van der Waals surface area contributed by atoms with E-state index in [0.29, 0.717) is 12.1 Å². The van der Waals surface area contributed by atoms with Gasteiger partial charge in [0.05, 0.1) is 17.8 Å². The number of anilines is 1. The van der Waals surface area contributed by atoms with Gasteiger partial charge < -0.3 is 5.73 Å². The lowest BCUT2D eigenvalue weighted by Gasteiger charge is -2.15. The fourth-order valence-electron chi connectivity index (χ4n) is 3.45. The number of hydrogen-bond donors (Lipinski definition) is 1. The molecular formula is C24H27N3O. The summed E-state index contributed by atoms with van der Waals surface area (Å²) in [6, 6.07) is 16.0. The molecule has 0 amide bonds. The van der Waals surface area contributed by atoms with E-state index in [4.69, 9.17) is 10.7 Å². The van der Waals surface area contributed by atoms with E-state index in [1.165, 1.54) is 0 Å². The molecule has 0 spiro atoms. The number of benzene rings is 2. The highest BCUT2D eigenvalue weighted by molar-refractivity contribution is 5.76. The van der Waals surface area contributed by atoms with Crippen LogP contribution in [0.3, 0.4) is 0 Å². The van der Waals surface area contributed by atoms with Crippen molar-refractivity contribution in [3.05, 3.63) is 88.1 Å². The van der Waals surface area contributed by atoms with Gasteiger partial charge in [0.2, 0.25) is 0 Å². The molecule has 0 fully saturated rings. The maximum absolute atomic E-state index is 13.0. The van der Waals surface area contributed by atoms with E-state index in [-0.39, 0.29) is 5.56 Å². The lowest BCUT2D eigenvalue weighted by molar-refractivity contribution is 0.643. The molecule has 0 aliphatic heterocycles. The first-order valence-electron chi connectivity index (χ1n) is 9.77. The summed E-state index contributed by atoms with van der Waals surface area (Å²) in [5.74, 6) is 0.839. The quantitative estimate of drug-likeness (QED) is 0.611. The molecule has 0 saturated carbocycles. The maximum atomic E-state index is 13.0. The van der Waals surface area contributed by atoms with Gasteiger partial charge in [0.25, 0.3) is 5.56 Å². The maximum Gasteiger partial charge on any atom is 0.261 e. The average molecular weight is 374 g/mol. The Labute approximate surface area is 166 Å². The molecule has 2 N–H and O–H groups in total. The second-order valence-corrected chi connectivity index (χ2v) is 6.87. The molecule has 0 atom stereocenters. The lowest BCUT2D eigenvalue weighted by Crippen LogP contribution is -2.29. The summed E-state index contributed by atoms with van der Waals surface area (Å²) in [7, 11) is 0. The standard InChI is InChI=1S/C24H27N3O/c1-4-9-23-26-22(6-3)19(5-2)24(28)27(23)16-17-12-14-18(15-13-17)20-10-7-8-11-21(20)25/h5,7-8,10-15H,2,4,6,9,16,25H2,1,3H3. The van der Waals surface area contributed by atoms with Crippen LogP contribution in [0.25, 0.3) is 17.2 Å². The summed E-state index contributed by atoms with van der Waals surface area (Å²) in [4.78, 5) is 17.8. The zero-order valence-corrected chi connectivity index (χ0v) is 16.6. The Morgan fingerprint density at radius 3 is 2.43 bits per heavy atom. The van der Waals surface area contributed by atoms with Gasteiger partial charge in [-0.15, -0.1) is 0 Å². The smallest absolute Gasteiger partial charge is 0.261 e. The topological polar surface area (TPSA) is 60.9 Å². The molecule has 3 aromatic rings. The van der Waals surface area contributed by atoms with Crippen LogP contribution in [0.4, 0.5) is 5.69 Å². The number of para-hydroxylation sites is 1. The molecule has 144 valence electrons. The largest absolute Gasteiger partial charge is 0.398 e. The van der Waals surface area contributed by atoms with Gasteiger partial charge in [0, 0.05) is 17.7 Å². The van der Waals surface area contributed by atoms with E-state index in [0.717, 1.165) is 53.2 Å². The molecule has 2 aromatic carbocycles. The van der Waals surface area contributed by atoms with Crippen LogP contribution in [0.5, 0.6) is 0 Å². The molecule has 3 rings (SSSR count). The van der Waals surface area contributed by atoms with E-state index in [1.54, 1.807) is 10.6 Å². The molecule has 1 heterocycles. The van der Waals surface area contributed by atoms with Crippen molar-refractivity contribution in [2.45, 2.75) is 39.7 Å². The van der Waals surface area contributed by atoms with E-state index in [2.05, 4.69) is 13.5 Å². The number of nitrogens with two attached hydrogens (primary N) is 1. The van der Waals surface area contributed by atoms with Crippen molar-refractivity contribution in [3.8, 4) is 11.1 Å². The van der Waals surface area contributed by atoms with Crippen LogP contribution in [-0.2, 0) is 19.4 Å². The summed E-state index contributed by atoms with van der Waals surface area (Å²) in [5, 5.41) is 0. The van der Waals surface area contributed by atoms with E-state index < -0.39 is 0 Å². The van der Waals surface area contributed by atoms with Crippen molar-refractivity contribution in [1.82, 2.24) is 9.55 Å².